The van der Waals surface area contributed by atoms with E-state index in [-0.39, 0.29) is 18.1 Å². The van der Waals surface area contributed by atoms with E-state index in [0.29, 0.717) is 11.3 Å². The Morgan fingerprint density at radius 2 is 2.09 bits per heavy atom. The second-order valence-electron chi connectivity index (χ2n) is 4.50. The van der Waals surface area contributed by atoms with Gasteiger partial charge in [-0.3, -0.25) is 4.79 Å². The van der Waals surface area contributed by atoms with Crippen LogP contribution in [0.5, 0.6) is 11.5 Å². The summed E-state index contributed by atoms with van der Waals surface area (Å²) in [6, 6.07) is 12.7. The first-order chi connectivity index (χ1) is 10.6. The van der Waals surface area contributed by atoms with Gasteiger partial charge in [0.2, 0.25) is 5.91 Å². The Hall–Kier alpha value is -2.34. The summed E-state index contributed by atoms with van der Waals surface area (Å²) in [5.74, 6) is 0.0575. The van der Waals surface area contributed by atoms with Gasteiger partial charge in [0.1, 0.15) is 0 Å². The number of hydrogen-bond donors (Lipinski definition) is 2. The number of carbonyl (C=O) groups excluding carboxylic acids is 1. The Labute approximate surface area is 136 Å². The number of hydrazone groups is 1. The van der Waals surface area contributed by atoms with Crippen LogP contribution in [-0.4, -0.2) is 24.3 Å². The summed E-state index contributed by atoms with van der Waals surface area (Å²) in [4.78, 5) is 11.8. The summed E-state index contributed by atoms with van der Waals surface area (Å²) in [5.41, 5.74) is 3.77. The smallest absolute Gasteiger partial charge is 0.244 e. The third-order valence-electron chi connectivity index (χ3n) is 2.89. The summed E-state index contributed by atoms with van der Waals surface area (Å²) in [6.07, 6.45) is 1.61. The molecule has 0 spiro atoms. The van der Waals surface area contributed by atoms with Crippen molar-refractivity contribution in [2.45, 2.75) is 6.42 Å². The van der Waals surface area contributed by atoms with Crippen molar-refractivity contribution in [1.29, 1.82) is 0 Å². The number of halogens is 1. The van der Waals surface area contributed by atoms with Gasteiger partial charge in [-0.25, -0.2) is 5.43 Å². The molecule has 2 aromatic carbocycles. The van der Waals surface area contributed by atoms with Gasteiger partial charge in [0, 0.05) is 10.0 Å². The molecule has 1 amide bonds. The number of aromatic hydroxyl groups is 1. The van der Waals surface area contributed by atoms with Crippen LogP contribution < -0.4 is 10.2 Å². The van der Waals surface area contributed by atoms with E-state index in [9.17, 15) is 9.90 Å². The van der Waals surface area contributed by atoms with Gasteiger partial charge in [-0.15, -0.1) is 0 Å². The number of amides is 1. The Bertz CT molecular complexity index is 687. The maximum absolute atomic E-state index is 11.8. The topological polar surface area (TPSA) is 70.9 Å². The van der Waals surface area contributed by atoms with Gasteiger partial charge in [0.25, 0.3) is 0 Å². The van der Waals surface area contributed by atoms with Crippen LogP contribution in [0.25, 0.3) is 0 Å². The average Bonchev–Trinajstić information content (AvgIpc) is 2.51. The van der Waals surface area contributed by atoms with Gasteiger partial charge in [-0.1, -0.05) is 46.3 Å². The molecule has 0 radical (unpaired) electrons. The summed E-state index contributed by atoms with van der Waals surface area (Å²) >= 11 is 3.31. The first-order valence-electron chi connectivity index (χ1n) is 6.52. The van der Waals surface area contributed by atoms with E-state index < -0.39 is 0 Å². The second-order valence-corrected chi connectivity index (χ2v) is 5.42. The van der Waals surface area contributed by atoms with Crippen molar-refractivity contribution in [2.24, 2.45) is 5.10 Å². The van der Waals surface area contributed by atoms with E-state index in [1.165, 1.54) is 13.3 Å². The lowest BCUT2D eigenvalue weighted by atomic mass is 10.1. The fourth-order valence-electron chi connectivity index (χ4n) is 1.84. The number of nitrogens with one attached hydrogen (secondary N) is 1. The van der Waals surface area contributed by atoms with E-state index in [1.54, 1.807) is 12.1 Å². The third kappa shape index (κ3) is 4.33. The van der Waals surface area contributed by atoms with E-state index >= 15 is 0 Å². The van der Waals surface area contributed by atoms with E-state index in [2.05, 4.69) is 26.5 Å². The van der Waals surface area contributed by atoms with Crippen LogP contribution >= 0.6 is 15.9 Å². The molecule has 22 heavy (non-hydrogen) atoms. The fraction of sp³-hybridized carbons (Fsp3) is 0.125. The van der Waals surface area contributed by atoms with Gasteiger partial charge in [-0.2, -0.15) is 5.10 Å². The van der Waals surface area contributed by atoms with Crippen molar-refractivity contribution in [3.8, 4) is 11.5 Å². The van der Waals surface area contributed by atoms with Crippen molar-refractivity contribution in [3.05, 3.63) is 58.1 Å². The summed E-state index contributed by atoms with van der Waals surface area (Å²) in [6.45, 7) is 0. The average molecular weight is 363 g/mol. The first-order valence-corrected chi connectivity index (χ1v) is 7.32. The maximum atomic E-state index is 11.8. The number of ether oxygens (including phenoxy) is 1. The number of carbonyl (C=O) groups is 1. The maximum Gasteiger partial charge on any atom is 0.244 e. The SMILES string of the molecule is COc1cc(Br)cc(/C=N\NC(=O)Cc2ccccc2)c1O. The number of rotatable bonds is 5. The highest BCUT2D eigenvalue weighted by molar-refractivity contribution is 9.10. The molecule has 6 heteroatoms. The highest BCUT2D eigenvalue weighted by Gasteiger charge is 2.08. The second kappa shape index (κ2) is 7.61. The lowest BCUT2D eigenvalue weighted by Gasteiger charge is -2.06. The zero-order valence-corrected chi connectivity index (χ0v) is 13.5. The number of nitrogens with zero attached hydrogens (tertiary/aromatic N) is 1. The van der Waals surface area contributed by atoms with Crippen LogP contribution in [0.4, 0.5) is 0 Å². The van der Waals surface area contributed by atoms with Crippen molar-refractivity contribution in [2.75, 3.05) is 7.11 Å². The van der Waals surface area contributed by atoms with Gasteiger partial charge in [-0.05, 0) is 17.7 Å². The molecule has 0 unspecified atom stereocenters. The van der Waals surface area contributed by atoms with Crippen molar-refractivity contribution in [1.82, 2.24) is 5.43 Å². The predicted molar refractivity (Wildman–Crippen MR) is 88.2 cm³/mol. The minimum absolute atomic E-state index is 0.0354. The number of hydrogen-bond acceptors (Lipinski definition) is 4. The molecule has 2 rings (SSSR count). The molecule has 0 fully saturated rings. The minimum atomic E-state index is -0.232. The highest BCUT2D eigenvalue weighted by atomic mass is 79.9. The van der Waals surface area contributed by atoms with Crippen LogP contribution in [0, 0.1) is 0 Å². The summed E-state index contributed by atoms with van der Waals surface area (Å²) in [5, 5.41) is 13.8. The zero-order chi connectivity index (χ0) is 15.9. The molecule has 5 nitrogen and oxygen atoms in total. The van der Waals surface area contributed by atoms with E-state index in [4.69, 9.17) is 4.74 Å². The van der Waals surface area contributed by atoms with Gasteiger partial charge < -0.3 is 9.84 Å². The molecule has 114 valence electrons. The molecule has 0 atom stereocenters. The molecular formula is C16H15BrN2O3. The van der Waals surface area contributed by atoms with E-state index in [0.717, 1.165) is 10.0 Å². The molecule has 0 aliphatic rings. The summed E-state index contributed by atoms with van der Waals surface area (Å²) < 4.78 is 5.78. The predicted octanol–water partition coefficient (Wildman–Crippen LogP) is 2.86. The van der Waals surface area contributed by atoms with Crippen LogP contribution in [0.2, 0.25) is 0 Å². The number of phenols is 1. The molecule has 0 aliphatic carbocycles. The molecule has 0 aliphatic heterocycles. The van der Waals surface area contributed by atoms with Crippen LogP contribution in [0.15, 0.2) is 52.0 Å². The first kappa shape index (κ1) is 16.0. The van der Waals surface area contributed by atoms with Crippen LogP contribution in [0.1, 0.15) is 11.1 Å². The highest BCUT2D eigenvalue weighted by Crippen LogP contribution is 2.32. The number of benzene rings is 2. The normalized spacial score (nSPS) is 10.6. The Morgan fingerprint density at radius 1 is 1.36 bits per heavy atom. The molecule has 2 aromatic rings. The van der Waals surface area contributed by atoms with Gasteiger partial charge in [0.05, 0.1) is 19.7 Å². The number of phenolic OH excluding ortho intramolecular Hbond substituents is 1. The zero-order valence-electron chi connectivity index (χ0n) is 11.9. The van der Waals surface area contributed by atoms with Crippen LogP contribution in [0.3, 0.4) is 0 Å². The quantitative estimate of drug-likeness (QED) is 0.634. The van der Waals surface area contributed by atoms with Crippen molar-refractivity contribution < 1.29 is 14.6 Å². The van der Waals surface area contributed by atoms with Gasteiger partial charge in [0.15, 0.2) is 11.5 Å². The fourth-order valence-corrected chi connectivity index (χ4v) is 2.30. The molecule has 2 N–H and O–H groups in total. The molecule has 0 saturated heterocycles. The van der Waals surface area contributed by atoms with Crippen molar-refractivity contribution >= 4 is 28.1 Å². The number of methoxy groups -OCH3 is 1. The largest absolute Gasteiger partial charge is 0.504 e. The van der Waals surface area contributed by atoms with E-state index in [1.807, 2.05) is 30.3 Å². The molecule has 0 saturated carbocycles. The standard InChI is InChI=1S/C16H15BrN2O3/c1-22-14-9-13(17)8-12(16(14)21)10-18-19-15(20)7-11-5-3-2-4-6-11/h2-6,8-10,21H,7H2,1H3,(H,19,20)/b18-10-. The van der Waals surface area contributed by atoms with Gasteiger partial charge >= 0.3 is 0 Å². The molecular weight excluding hydrogens is 348 g/mol. The van der Waals surface area contributed by atoms with Crippen LogP contribution in [-0.2, 0) is 11.2 Å². The molecule has 0 aromatic heterocycles. The lowest BCUT2D eigenvalue weighted by molar-refractivity contribution is -0.120. The molecule has 0 bridgehead atoms. The monoisotopic (exact) mass is 362 g/mol. The minimum Gasteiger partial charge on any atom is -0.504 e. The Kier molecular flexibility index (Phi) is 5.55. The third-order valence-corrected chi connectivity index (χ3v) is 3.35. The Balaban J connectivity index is 2.01. The van der Waals surface area contributed by atoms with Crippen molar-refractivity contribution in [3.63, 3.8) is 0 Å². The molecule has 0 heterocycles. The summed E-state index contributed by atoms with van der Waals surface area (Å²) in [7, 11) is 1.46. The Morgan fingerprint density at radius 3 is 2.77 bits per heavy atom. The lowest BCUT2D eigenvalue weighted by Crippen LogP contribution is -2.19.